The van der Waals surface area contributed by atoms with E-state index in [-0.39, 0.29) is 5.97 Å². The van der Waals surface area contributed by atoms with Gasteiger partial charge in [-0.2, -0.15) is 12.6 Å². The van der Waals surface area contributed by atoms with E-state index >= 15 is 0 Å². The monoisotopic (exact) mass is 224 g/mol. The first-order chi connectivity index (χ1) is 7.24. The molecular formula is C11H12O3S. The van der Waals surface area contributed by atoms with E-state index in [0.29, 0.717) is 24.5 Å². The first-order valence-electron chi connectivity index (χ1n) is 4.77. The van der Waals surface area contributed by atoms with E-state index in [1.807, 2.05) is 13.0 Å². The summed E-state index contributed by atoms with van der Waals surface area (Å²) in [6.07, 6.45) is 0. The van der Waals surface area contributed by atoms with Crippen LogP contribution < -0.4 is 4.74 Å². The van der Waals surface area contributed by atoms with Crippen molar-refractivity contribution in [1.82, 2.24) is 0 Å². The molecule has 0 aromatic heterocycles. The second kappa shape index (κ2) is 4.14. The third kappa shape index (κ3) is 1.81. The fourth-order valence-electron chi connectivity index (χ4n) is 1.64. The molecule has 1 aliphatic rings. The molecule has 0 fully saturated rings. The van der Waals surface area contributed by atoms with Crippen molar-refractivity contribution in [2.24, 2.45) is 0 Å². The zero-order chi connectivity index (χ0) is 10.8. The lowest BCUT2D eigenvalue weighted by Crippen LogP contribution is -2.02. The average molecular weight is 224 g/mol. The van der Waals surface area contributed by atoms with Gasteiger partial charge in [-0.1, -0.05) is 0 Å². The Balaban J connectivity index is 2.33. The molecule has 0 radical (unpaired) electrons. The molecule has 1 heterocycles. The second-order valence-corrected chi connectivity index (χ2v) is 3.81. The SMILES string of the molecule is Cc1c(OCCS)ccc2c1COC2=O. The predicted octanol–water partition coefficient (Wildman–Crippen LogP) is 1.97. The molecule has 0 spiro atoms. The number of hydrogen-bond acceptors (Lipinski definition) is 4. The van der Waals surface area contributed by atoms with Crippen LogP contribution in [-0.2, 0) is 11.3 Å². The van der Waals surface area contributed by atoms with E-state index in [4.69, 9.17) is 9.47 Å². The van der Waals surface area contributed by atoms with Crippen LogP contribution >= 0.6 is 12.6 Å². The molecule has 0 bridgehead atoms. The van der Waals surface area contributed by atoms with Crippen molar-refractivity contribution in [1.29, 1.82) is 0 Å². The molecule has 0 N–H and O–H groups in total. The van der Waals surface area contributed by atoms with Crippen LogP contribution in [0.5, 0.6) is 5.75 Å². The Labute approximate surface area is 93.8 Å². The number of ether oxygens (including phenoxy) is 2. The molecule has 15 heavy (non-hydrogen) atoms. The van der Waals surface area contributed by atoms with Crippen molar-refractivity contribution in [3.63, 3.8) is 0 Å². The average Bonchev–Trinajstić information content (AvgIpc) is 2.61. The van der Waals surface area contributed by atoms with Crippen LogP contribution in [0.15, 0.2) is 12.1 Å². The number of esters is 1. The normalized spacial score (nSPS) is 13.6. The highest BCUT2D eigenvalue weighted by molar-refractivity contribution is 7.80. The first-order valence-corrected chi connectivity index (χ1v) is 5.40. The summed E-state index contributed by atoms with van der Waals surface area (Å²) in [7, 11) is 0. The number of thiol groups is 1. The minimum Gasteiger partial charge on any atom is -0.492 e. The van der Waals surface area contributed by atoms with Gasteiger partial charge in [-0.3, -0.25) is 0 Å². The lowest BCUT2D eigenvalue weighted by molar-refractivity contribution is 0.0535. The maximum atomic E-state index is 11.3. The van der Waals surface area contributed by atoms with Crippen LogP contribution in [-0.4, -0.2) is 18.3 Å². The molecule has 1 aromatic carbocycles. The van der Waals surface area contributed by atoms with Gasteiger partial charge in [-0.05, 0) is 24.6 Å². The number of rotatable bonds is 3. The summed E-state index contributed by atoms with van der Waals surface area (Å²) < 4.78 is 10.5. The van der Waals surface area contributed by atoms with Crippen molar-refractivity contribution in [3.8, 4) is 5.75 Å². The second-order valence-electron chi connectivity index (χ2n) is 3.36. The molecule has 0 amide bonds. The summed E-state index contributed by atoms with van der Waals surface area (Å²) in [4.78, 5) is 11.3. The van der Waals surface area contributed by atoms with Crippen molar-refractivity contribution in [2.45, 2.75) is 13.5 Å². The topological polar surface area (TPSA) is 35.5 Å². The highest BCUT2D eigenvalue weighted by Crippen LogP contribution is 2.29. The Bertz CT molecular complexity index is 401. The minimum atomic E-state index is -0.242. The Hall–Kier alpha value is -1.16. The maximum Gasteiger partial charge on any atom is 0.338 e. The molecule has 1 aliphatic heterocycles. The van der Waals surface area contributed by atoms with Gasteiger partial charge in [-0.25, -0.2) is 4.79 Å². The largest absolute Gasteiger partial charge is 0.492 e. The van der Waals surface area contributed by atoms with Crippen molar-refractivity contribution in [3.05, 3.63) is 28.8 Å². The summed E-state index contributed by atoms with van der Waals surface area (Å²) in [6.45, 7) is 2.87. The van der Waals surface area contributed by atoms with Gasteiger partial charge in [0.15, 0.2) is 0 Å². The molecule has 4 heteroatoms. The number of hydrogen-bond donors (Lipinski definition) is 1. The van der Waals surface area contributed by atoms with Gasteiger partial charge in [0, 0.05) is 11.3 Å². The predicted molar refractivity (Wildman–Crippen MR) is 59.6 cm³/mol. The highest BCUT2D eigenvalue weighted by atomic mass is 32.1. The Morgan fingerprint density at radius 1 is 1.53 bits per heavy atom. The summed E-state index contributed by atoms with van der Waals surface area (Å²) >= 11 is 4.08. The van der Waals surface area contributed by atoms with Gasteiger partial charge in [0.05, 0.1) is 12.2 Å². The molecule has 0 unspecified atom stereocenters. The number of carbonyl (C=O) groups is 1. The number of carbonyl (C=O) groups excluding carboxylic acids is 1. The third-order valence-corrected chi connectivity index (χ3v) is 2.65. The maximum absolute atomic E-state index is 11.3. The lowest BCUT2D eigenvalue weighted by Gasteiger charge is -2.09. The quantitative estimate of drug-likeness (QED) is 0.630. The van der Waals surface area contributed by atoms with E-state index in [0.717, 1.165) is 16.9 Å². The molecule has 0 saturated heterocycles. The lowest BCUT2D eigenvalue weighted by atomic mass is 10.0. The fourth-order valence-corrected chi connectivity index (χ4v) is 1.73. The van der Waals surface area contributed by atoms with Gasteiger partial charge in [0.1, 0.15) is 12.4 Å². The van der Waals surface area contributed by atoms with E-state index < -0.39 is 0 Å². The number of fused-ring (bicyclic) bond motifs is 1. The van der Waals surface area contributed by atoms with Crippen molar-refractivity contribution < 1.29 is 14.3 Å². The van der Waals surface area contributed by atoms with Gasteiger partial charge in [0.2, 0.25) is 0 Å². The molecule has 0 saturated carbocycles. The zero-order valence-electron chi connectivity index (χ0n) is 8.45. The van der Waals surface area contributed by atoms with Crippen LogP contribution in [0.2, 0.25) is 0 Å². The van der Waals surface area contributed by atoms with Crippen LogP contribution in [0, 0.1) is 6.92 Å². The van der Waals surface area contributed by atoms with Gasteiger partial charge in [-0.15, -0.1) is 0 Å². The van der Waals surface area contributed by atoms with Crippen molar-refractivity contribution in [2.75, 3.05) is 12.4 Å². The summed E-state index contributed by atoms with van der Waals surface area (Å²) in [5.41, 5.74) is 2.59. The molecule has 1 aromatic rings. The van der Waals surface area contributed by atoms with Crippen LogP contribution in [0.1, 0.15) is 21.5 Å². The van der Waals surface area contributed by atoms with E-state index in [9.17, 15) is 4.79 Å². The minimum absolute atomic E-state index is 0.242. The Morgan fingerprint density at radius 3 is 3.07 bits per heavy atom. The van der Waals surface area contributed by atoms with E-state index in [2.05, 4.69) is 12.6 Å². The molecular weight excluding hydrogens is 212 g/mol. The fraction of sp³-hybridized carbons (Fsp3) is 0.364. The number of cyclic esters (lactones) is 1. The van der Waals surface area contributed by atoms with Crippen LogP contribution in [0.25, 0.3) is 0 Å². The highest BCUT2D eigenvalue weighted by Gasteiger charge is 2.24. The third-order valence-electron chi connectivity index (χ3n) is 2.47. The molecule has 0 aliphatic carbocycles. The smallest absolute Gasteiger partial charge is 0.338 e. The van der Waals surface area contributed by atoms with Gasteiger partial charge in [0.25, 0.3) is 0 Å². The molecule has 0 atom stereocenters. The molecule has 2 rings (SSSR count). The first kappa shape index (κ1) is 10.4. The molecule has 80 valence electrons. The Morgan fingerprint density at radius 2 is 2.33 bits per heavy atom. The van der Waals surface area contributed by atoms with E-state index in [1.165, 1.54) is 0 Å². The Kier molecular flexibility index (Phi) is 2.86. The summed E-state index contributed by atoms with van der Waals surface area (Å²) in [5.74, 6) is 1.24. The van der Waals surface area contributed by atoms with E-state index in [1.54, 1.807) is 6.07 Å². The number of benzene rings is 1. The van der Waals surface area contributed by atoms with Crippen LogP contribution in [0.3, 0.4) is 0 Å². The van der Waals surface area contributed by atoms with Gasteiger partial charge < -0.3 is 9.47 Å². The standard InChI is InChI=1S/C11H12O3S/c1-7-9-6-14-11(12)8(9)2-3-10(7)13-4-5-15/h2-3,15H,4-6H2,1H3. The van der Waals surface area contributed by atoms with Gasteiger partial charge >= 0.3 is 5.97 Å². The molecule has 3 nitrogen and oxygen atoms in total. The zero-order valence-corrected chi connectivity index (χ0v) is 9.34. The van der Waals surface area contributed by atoms with Crippen molar-refractivity contribution >= 4 is 18.6 Å². The summed E-state index contributed by atoms with van der Waals surface area (Å²) in [5, 5.41) is 0. The van der Waals surface area contributed by atoms with Crippen LogP contribution in [0.4, 0.5) is 0 Å². The summed E-state index contributed by atoms with van der Waals surface area (Å²) in [6, 6.07) is 3.57.